The molecule has 1 heterocycles. The lowest BCUT2D eigenvalue weighted by Crippen LogP contribution is -2.47. The molecule has 3 unspecified atom stereocenters. The van der Waals surface area contributed by atoms with Crippen LogP contribution in [0.25, 0.3) is 0 Å². The monoisotopic (exact) mass is 601 g/mol. The van der Waals surface area contributed by atoms with E-state index in [4.69, 9.17) is 23.2 Å². The Morgan fingerprint density at radius 1 is 1.12 bits per heavy atom. The number of hydrogen-bond acceptors (Lipinski definition) is 3. The molecule has 0 radical (unpaired) electrons. The summed E-state index contributed by atoms with van der Waals surface area (Å²) in [6, 6.07) is 2.97. The zero-order chi connectivity index (χ0) is 29.5. The fourth-order valence-corrected chi connectivity index (χ4v) is 6.35. The molecule has 0 spiro atoms. The number of fused-ring (bicyclic) bond motifs is 1. The molecule has 11 heteroatoms. The van der Waals surface area contributed by atoms with Gasteiger partial charge >= 0.3 is 6.18 Å². The van der Waals surface area contributed by atoms with E-state index in [0.29, 0.717) is 16.6 Å². The van der Waals surface area contributed by atoms with Gasteiger partial charge in [-0.3, -0.25) is 9.59 Å². The van der Waals surface area contributed by atoms with Crippen molar-refractivity contribution in [1.82, 2.24) is 14.7 Å². The van der Waals surface area contributed by atoms with Crippen molar-refractivity contribution in [2.45, 2.75) is 45.5 Å². The summed E-state index contributed by atoms with van der Waals surface area (Å²) in [4.78, 5) is 31.1. The highest BCUT2D eigenvalue weighted by molar-refractivity contribution is 6.41. The van der Waals surface area contributed by atoms with Crippen molar-refractivity contribution in [1.29, 1.82) is 0 Å². The van der Waals surface area contributed by atoms with Gasteiger partial charge in [0.05, 0.1) is 16.5 Å². The molecule has 0 aromatic heterocycles. The zero-order valence-electron chi connectivity index (χ0n) is 22.9. The third-order valence-corrected chi connectivity index (χ3v) is 9.06. The highest BCUT2D eigenvalue weighted by Gasteiger charge is 2.49. The van der Waals surface area contributed by atoms with E-state index in [0.717, 1.165) is 49.2 Å². The fourth-order valence-electron chi connectivity index (χ4n) is 5.88. The number of carbonyl (C=O) groups is 2. The molecule has 218 valence electrons. The predicted molar refractivity (Wildman–Crippen MR) is 147 cm³/mol. The quantitative estimate of drug-likeness (QED) is 0.334. The van der Waals surface area contributed by atoms with E-state index in [2.05, 4.69) is 4.90 Å². The molecule has 2 amide bonds. The Balaban J connectivity index is 1.52. The van der Waals surface area contributed by atoms with Crippen LogP contribution in [-0.4, -0.2) is 66.3 Å². The van der Waals surface area contributed by atoms with Gasteiger partial charge in [-0.2, -0.15) is 13.2 Å². The third-order valence-electron chi connectivity index (χ3n) is 8.21. The van der Waals surface area contributed by atoms with Gasteiger partial charge in [-0.25, -0.2) is 4.39 Å². The number of benzene rings is 1. The van der Waals surface area contributed by atoms with Crippen LogP contribution in [0.3, 0.4) is 0 Å². The Morgan fingerprint density at radius 2 is 1.77 bits per heavy atom. The van der Waals surface area contributed by atoms with Gasteiger partial charge in [0.1, 0.15) is 5.82 Å². The summed E-state index contributed by atoms with van der Waals surface area (Å²) in [5.41, 5.74) is 0.641. The number of rotatable bonds is 8. The van der Waals surface area contributed by atoms with Crippen LogP contribution in [0, 0.1) is 23.6 Å². The minimum Gasteiger partial charge on any atom is -0.343 e. The number of nitrogens with zero attached hydrogens (tertiary/aromatic N) is 3. The second kappa shape index (κ2) is 11.9. The van der Waals surface area contributed by atoms with E-state index < -0.39 is 23.5 Å². The largest absolute Gasteiger partial charge is 0.419 e. The van der Waals surface area contributed by atoms with Gasteiger partial charge in [-0.1, -0.05) is 42.3 Å². The van der Waals surface area contributed by atoms with Crippen LogP contribution < -0.4 is 0 Å². The van der Waals surface area contributed by atoms with E-state index >= 15 is 0 Å². The van der Waals surface area contributed by atoms with Gasteiger partial charge in [0.15, 0.2) is 0 Å². The molecule has 3 aliphatic rings. The number of carbonyl (C=O) groups excluding carboxylic acids is 2. The Morgan fingerprint density at radius 3 is 2.38 bits per heavy atom. The molecule has 1 aliphatic heterocycles. The lowest BCUT2D eigenvalue weighted by Gasteiger charge is -2.38. The van der Waals surface area contributed by atoms with Crippen LogP contribution in [0.5, 0.6) is 0 Å². The van der Waals surface area contributed by atoms with Crippen LogP contribution in [0.15, 0.2) is 51.6 Å². The molecule has 1 saturated heterocycles. The number of amides is 2. The summed E-state index contributed by atoms with van der Waals surface area (Å²) < 4.78 is 53.6. The summed E-state index contributed by atoms with van der Waals surface area (Å²) in [6.07, 6.45) is 0.386. The van der Waals surface area contributed by atoms with Crippen LogP contribution in [0.1, 0.15) is 37.8 Å². The van der Waals surface area contributed by atoms with Crippen molar-refractivity contribution in [3.8, 4) is 0 Å². The Bertz CT molecular complexity index is 1270. The van der Waals surface area contributed by atoms with Gasteiger partial charge in [0.2, 0.25) is 11.8 Å². The molecule has 1 fully saturated rings. The molecule has 0 bridgehead atoms. The molecular formula is C29H33Cl2F4N3O2. The van der Waals surface area contributed by atoms with Crippen LogP contribution in [-0.2, 0) is 22.3 Å². The molecule has 1 aromatic carbocycles. The molecule has 4 rings (SSSR count). The molecule has 1 aromatic rings. The van der Waals surface area contributed by atoms with Crippen molar-refractivity contribution >= 4 is 35.0 Å². The second-order valence-electron chi connectivity index (χ2n) is 11.0. The topological polar surface area (TPSA) is 43.9 Å². The molecular weight excluding hydrogens is 569 g/mol. The third kappa shape index (κ3) is 6.42. The van der Waals surface area contributed by atoms with Gasteiger partial charge in [0, 0.05) is 64.2 Å². The minimum absolute atomic E-state index is 0.0328. The maximum atomic E-state index is 13.9. The summed E-state index contributed by atoms with van der Waals surface area (Å²) in [5, 5.41) is 0.878. The molecule has 5 nitrogen and oxygen atoms in total. The average molecular weight is 602 g/mol. The lowest BCUT2D eigenvalue weighted by atomic mass is 9.87. The van der Waals surface area contributed by atoms with Crippen LogP contribution >= 0.6 is 23.2 Å². The standard InChI is InChI=1S/C29H33Cl2F4N3O2/c1-16(14-38-11-9-19(10-12-38)37(4)17(2)39)24(25-20-6-7-22(30)27(31)26(20)25)28(40)36(3)15-18-5-8-23(32)21(13-18)29(33,34)35/h5-8,13,16,19,24,26H,9-12,14-15H2,1-4H3. The smallest absolute Gasteiger partial charge is 0.343 e. The van der Waals surface area contributed by atoms with Gasteiger partial charge < -0.3 is 14.7 Å². The maximum absolute atomic E-state index is 13.9. The Kier molecular flexibility index (Phi) is 9.07. The first kappa shape index (κ1) is 30.6. The van der Waals surface area contributed by atoms with Crippen molar-refractivity contribution in [3.05, 3.63) is 68.5 Å². The fraction of sp³-hybridized carbons (Fsp3) is 0.517. The van der Waals surface area contributed by atoms with E-state index in [1.807, 2.05) is 20.0 Å². The normalized spacial score (nSPS) is 21.3. The molecule has 0 N–H and O–H groups in total. The molecule has 0 saturated carbocycles. The van der Waals surface area contributed by atoms with E-state index in [1.54, 1.807) is 24.9 Å². The zero-order valence-corrected chi connectivity index (χ0v) is 24.4. The maximum Gasteiger partial charge on any atom is 0.419 e. The summed E-state index contributed by atoms with van der Waals surface area (Å²) in [7, 11) is 3.35. The van der Waals surface area contributed by atoms with Crippen molar-refractivity contribution in [2.75, 3.05) is 33.7 Å². The van der Waals surface area contributed by atoms with Gasteiger partial charge in [0.25, 0.3) is 0 Å². The van der Waals surface area contributed by atoms with Gasteiger partial charge in [-0.05, 0) is 53.7 Å². The number of likely N-dealkylation sites (tertiary alicyclic amines) is 1. The Hall–Kier alpha value is -2.36. The van der Waals surface area contributed by atoms with Crippen molar-refractivity contribution < 1.29 is 27.2 Å². The van der Waals surface area contributed by atoms with E-state index in [1.165, 1.54) is 11.0 Å². The van der Waals surface area contributed by atoms with Gasteiger partial charge in [-0.15, -0.1) is 0 Å². The number of allylic oxidation sites excluding steroid dienone is 5. The SMILES string of the molecule is CC(=O)N(C)C1CCN(CC(C)C(C(=O)N(C)Cc2ccc(F)c(C(F)(F)F)c2)C2=C3C=CC(Cl)=C(Cl)C32)CC1. The second-order valence-corrected chi connectivity index (χ2v) is 11.8. The number of halogens is 6. The molecule has 3 atom stereocenters. The summed E-state index contributed by atoms with van der Waals surface area (Å²) >= 11 is 12.7. The highest BCUT2D eigenvalue weighted by Crippen LogP contribution is 2.56. The van der Waals surface area contributed by atoms with Crippen molar-refractivity contribution in [3.63, 3.8) is 0 Å². The number of alkyl halides is 3. The lowest BCUT2D eigenvalue weighted by molar-refractivity contribution is -0.140. The first-order valence-electron chi connectivity index (χ1n) is 13.2. The van der Waals surface area contributed by atoms with Crippen LogP contribution in [0.4, 0.5) is 17.6 Å². The summed E-state index contributed by atoms with van der Waals surface area (Å²) in [6.45, 7) is 5.62. The first-order valence-corrected chi connectivity index (χ1v) is 14.0. The highest BCUT2D eigenvalue weighted by atomic mass is 35.5. The Labute approximate surface area is 242 Å². The van der Waals surface area contributed by atoms with E-state index in [9.17, 15) is 27.2 Å². The predicted octanol–water partition coefficient (Wildman–Crippen LogP) is 6.18. The average Bonchev–Trinajstić information content (AvgIpc) is 3.61. The molecule has 2 aliphatic carbocycles. The number of hydrogen-bond donors (Lipinski definition) is 0. The molecule has 40 heavy (non-hydrogen) atoms. The summed E-state index contributed by atoms with van der Waals surface area (Å²) in [5.74, 6) is -2.50. The first-order chi connectivity index (χ1) is 18.7. The number of piperidine rings is 1. The minimum atomic E-state index is -4.84. The van der Waals surface area contributed by atoms with E-state index in [-0.39, 0.29) is 41.8 Å². The van der Waals surface area contributed by atoms with Crippen molar-refractivity contribution in [2.24, 2.45) is 17.8 Å². The van der Waals surface area contributed by atoms with Crippen LogP contribution in [0.2, 0.25) is 0 Å².